The van der Waals surface area contributed by atoms with Crippen LogP contribution in [-0.4, -0.2) is 54.7 Å². The van der Waals surface area contributed by atoms with E-state index in [1.54, 1.807) is 13.8 Å². The Hall–Kier alpha value is -0.700. The van der Waals surface area contributed by atoms with Gasteiger partial charge in [-0.05, 0) is 25.7 Å². The molecule has 0 unspecified atom stereocenters. The first-order valence-electron chi connectivity index (χ1n) is 11.3. The smallest absolute Gasteiger partial charge is 0.298 e. The Morgan fingerprint density at radius 1 is 0.800 bits per heavy atom. The van der Waals surface area contributed by atoms with Crippen LogP contribution in [0.1, 0.15) is 71.6 Å². The lowest BCUT2D eigenvalue weighted by Gasteiger charge is -2.41. The first-order chi connectivity index (χ1) is 15.8. The molecule has 1 aliphatic rings. The van der Waals surface area contributed by atoms with Gasteiger partial charge in [0.15, 0.2) is 0 Å². The van der Waals surface area contributed by atoms with E-state index in [1.165, 1.54) is 0 Å². The van der Waals surface area contributed by atoms with E-state index in [1.807, 2.05) is 0 Å². The van der Waals surface area contributed by atoms with Gasteiger partial charge < -0.3 is 0 Å². The topological polar surface area (TPSA) is 60.4 Å². The zero-order valence-electron chi connectivity index (χ0n) is 19.4. The van der Waals surface area contributed by atoms with Gasteiger partial charge in [-0.25, -0.2) is 3.63 Å². The number of halogens is 9. The van der Waals surface area contributed by atoms with Crippen molar-refractivity contribution >= 4 is 26.2 Å². The highest BCUT2D eigenvalue weighted by molar-refractivity contribution is 8.33. The Kier molecular flexibility index (Phi) is 10.9. The normalized spacial score (nSPS) is 18.0. The molecule has 0 aliphatic heterocycles. The maximum Gasteiger partial charge on any atom is 0.460 e. The number of alkyl halides is 9. The predicted octanol–water partition coefficient (Wildman–Crippen LogP) is 7.23. The van der Waals surface area contributed by atoms with E-state index in [4.69, 9.17) is 0 Å². The summed E-state index contributed by atoms with van der Waals surface area (Å²) in [6.07, 6.45) is -3.03. The van der Waals surface area contributed by atoms with Crippen LogP contribution in [0.4, 0.5) is 39.5 Å². The minimum Gasteiger partial charge on any atom is -0.298 e. The van der Waals surface area contributed by atoms with E-state index >= 15 is 0 Å². The molecule has 0 spiro atoms. The quantitative estimate of drug-likeness (QED) is 0.207. The van der Waals surface area contributed by atoms with Gasteiger partial charge >= 0.3 is 33.4 Å². The molecule has 0 amide bonds. The van der Waals surface area contributed by atoms with Gasteiger partial charge in [-0.2, -0.15) is 47.9 Å². The number of hydrogen-bond donors (Lipinski definition) is 0. The maximum absolute atomic E-state index is 14.4. The molecule has 1 fully saturated rings. The van der Waals surface area contributed by atoms with Crippen LogP contribution in [0.15, 0.2) is 0 Å². The fraction of sp³-hybridized carbons (Fsp3) is 0.950. The van der Waals surface area contributed by atoms with Gasteiger partial charge in [0.25, 0.3) is 0 Å². The standard InChI is InChI=1S/C20H31F9O4S2/c1-3-5-12-34(13-6-4-2,14-16(30)15-10-8-7-9-11-15)33-35(31,32)20(28,29)18(23,24)17(21,22)19(25,26)27/h15H,3-14H2,1-2H3. The minimum atomic E-state index is -7.37. The van der Waals surface area contributed by atoms with Gasteiger partial charge in [0.2, 0.25) is 0 Å². The average molecular weight is 571 g/mol. The van der Waals surface area contributed by atoms with Crippen LogP contribution in [-0.2, 0) is 18.5 Å². The van der Waals surface area contributed by atoms with E-state index < -0.39 is 61.2 Å². The highest BCUT2D eigenvalue weighted by Gasteiger charge is 2.86. The molecular weight excluding hydrogens is 539 g/mol. The Bertz CT molecular complexity index is 800. The van der Waals surface area contributed by atoms with Gasteiger partial charge in [0.1, 0.15) is 5.78 Å². The van der Waals surface area contributed by atoms with Crippen molar-refractivity contribution in [2.24, 2.45) is 5.92 Å². The van der Waals surface area contributed by atoms with E-state index in [2.05, 4.69) is 3.63 Å². The molecule has 15 heteroatoms. The number of carbonyl (C=O) groups is 1. The van der Waals surface area contributed by atoms with Gasteiger partial charge in [-0.15, -0.1) is 10.3 Å². The summed E-state index contributed by atoms with van der Waals surface area (Å²) in [5.41, 5.74) is 0. The monoisotopic (exact) mass is 570 g/mol. The van der Waals surface area contributed by atoms with E-state index in [0.717, 1.165) is 6.42 Å². The Morgan fingerprint density at radius 3 is 1.66 bits per heavy atom. The highest BCUT2D eigenvalue weighted by atomic mass is 32.3. The summed E-state index contributed by atoms with van der Waals surface area (Å²) in [6, 6.07) is 0. The van der Waals surface area contributed by atoms with Crippen molar-refractivity contribution in [2.75, 3.05) is 17.3 Å². The lowest BCUT2D eigenvalue weighted by Crippen LogP contribution is -2.63. The molecule has 1 saturated carbocycles. The summed E-state index contributed by atoms with van der Waals surface area (Å²) in [5.74, 6) is -17.1. The average Bonchev–Trinajstić information content (AvgIpc) is 2.75. The lowest BCUT2D eigenvalue weighted by atomic mass is 9.87. The number of unbranched alkanes of at least 4 members (excludes halogenated alkanes) is 2. The molecule has 0 saturated heterocycles. The van der Waals surface area contributed by atoms with Gasteiger partial charge in [-0.1, -0.05) is 46.0 Å². The largest absolute Gasteiger partial charge is 0.460 e. The molecule has 1 aliphatic carbocycles. The highest BCUT2D eigenvalue weighted by Crippen LogP contribution is 2.59. The first kappa shape index (κ1) is 32.3. The van der Waals surface area contributed by atoms with Crippen LogP contribution in [0.25, 0.3) is 0 Å². The number of hydrogen-bond acceptors (Lipinski definition) is 4. The van der Waals surface area contributed by atoms with Crippen molar-refractivity contribution in [3.8, 4) is 0 Å². The summed E-state index contributed by atoms with van der Waals surface area (Å²) >= 11 is 0. The van der Waals surface area contributed by atoms with Crippen molar-refractivity contribution in [1.29, 1.82) is 0 Å². The predicted molar refractivity (Wildman–Crippen MR) is 114 cm³/mol. The summed E-state index contributed by atoms with van der Waals surface area (Å²) < 4.78 is 150. The third-order valence-corrected chi connectivity index (χ3v) is 11.5. The second-order valence-electron chi connectivity index (χ2n) is 8.71. The number of ketones is 1. The number of Topliss-reactive ketones (excluding diaryl/α,β-unsaturated/α-hetero) is 1. The third-order valence-electron chi connectivity index (χ3n) is 5.87. The number of rotatable bonds is 14. The third kappa shape index (κ3) is 6.99. The van der Waals surface area contributed by atoms with Crippen molar-refractivity contribution in [2.45, 2.75) is 94.9 Å². The zero-order chi connectivity index (χ0) is 27.3. The molecule has 210 valence electrons. The first-order valence-corrected chi connectivity index (χ1v) is 14.7. The molecule has 0 atom stereocenters. The van der Waals surface area contributed by atoms with E-state index in [9.17, 15) is 52.7 Å². The fourth-order valence-corrected chi connectivity index (χ4v) is 9.62. The van der Waals surface area contributed by atoms with E-state index in [0.29, 0.717) is 38.5 Å². The molecule has 0 bridgehead atoms. The van der Waals surface area contributed by atoms with Crippen LogP contribution < -0.4 is 0 Å². The van der Waals surface area contributed by atoms with Crippen LogP contribution >= 0.6 is 10.3 Å². The zero-order valence-corrected chi connectivity index (χ0v) is 21.0. The van der Waals surface area contributed by atoms with Crippen LogP contribution in [0, 0.1) is 5.92 Å². The maximum atomic E-state index is 14.4. The Morgan fingerprint density at radius 2 is 1.26 bits per heavy atom. The van der Waals surface area contributed by atoms with E-state index in [-0.39, 0.29) is 24.3 Å². The minimum absolute atomic E-state index is 0.132. The molecule has 0 heterocycles. The van der Waals surface area contributed by atoms with Crippen molar-refractivity contribution in [3.05, 3.63) is 0 Å². The van der Waals surface area contributed by atoms with Crippen LogP contribution in [0.5, 0.6) is 0 Å². The molecule has 1 rings (SSSR count). The molecule has 0 radical (unpaired) electrons. The second kappa shape index (κ2) is 11.8. The van der Waals surface area contributed by atoms with Crippen molar-refractivity contribution in [3.63, 3.8) is 0 Å². The van der Waals surface area contributed by atoms with Gasteiger partial charge in [0, 0.05) is 17.4 Å². The molecule has 0 aromatic rings. The Labute approximate surface area is 201 Å². The van der Waals surface area contributed by atoms with Gasteiger partial charge in [-0.3, -0.25) is 4.79 Å². The lowest BCUT2D eigenvalue weighted by molar-refractivity contribution is -0.382. The fourth-order valence-electron chi connectivity index (χ4n) is 3.71. The summed E-state index contributed by atoms with van der Waals surface area (Å²) in [5, 5.41) is -6.93. The molecule has 0 aromatic heterocycles. The molecule has 0 aromatic carbocycles. The SMILES string of the molecule is CCCCS(CCCC)(CC(=O)C1CCCCC1)OS(=O)(=O)C(F)(F)C(F)(F)C(F)(F)C(F)(F)F. The molecular formula is C20H31F9O4S2. The van der Waals surface area contributed by atoms with Crippen molar-refractivity contribution < 1.29 is 56.4 Å². The van der Waals surface area contributed by atoms with Gasteiger partial charge in [0.05, 0.1) is 5.75 Å². The van der Waals surface area contributed by atoms with Crippen molar-refractivity contribution in [1.82, 2.24) is 0 Å². The number of carbonyl (C=O) groups excluding carboxylic acids is 1. The molecule has 4 nitrogen and oxygen atoms in total. The molecule has 35 heavy (non-hydrogen) atoms. The molecule has 0 N–H and O–H groups in total. The van der Waals surface area contributed by atoms with Crippen LogP contribution in [0.3, 0.4) is 0 Å². The summed E-state index contributed by atoms with van der Waals surface area (Å²) in [7, 11) is -10.5. The second-order valence-corrected chi connectivity index (χ2v) is 13.7. The Balaban J connectivity index is 3.47. The summed E-state index contributed by atoms with van der Waals surface area (Å²) in [6.45, 7) is 3.27. The van der Waals surface area contributed by atoms with Crippen LogP contribution in [0.2, 0.25) is 0 Å². The summed E-state index contributed by atoms with van der Waals surface area (Å²) in [4.78, 5) is 12.9.